The van der Waals surface area contributed by atoms with Gasteiger partial charge >= 0.3 is 6.55 Å². The summed E-state index contributed by atoms with van der Waals surface area (Å²) in [6, 6.07) is 6.68. The molecule has 0 radical (unpaired) electrons. The van der Waals surface area contributed by atoms with Crippen molar-refractivity contribution in [3.63, 3.8) is 0 Å². The normalized spacial score (nSPS) is 18.5. The number of hydrogen-bond acceptors (Lipinski definition) is 7. The van der Waals surface area contributed by atoms with E-state index in [1.54, 1.807) is 25.3 Å². The fraction of sp³-hybridized carbons (Fsp3) is 0.323. The van der Waals surface area contributed by atoms with Crippen molar-refractivity contribution in [2.75, 3.05) is 5.32 Å². The van der Waals surface area contributed by atoms with Gasteiger partial charge in [0.2, 0.25) is 5.91 Å². The molecule has 5 heterocycles. The van der Waals surface area contributed by atoms with E-state index in [4.69, 9.17) is 11.6 Å². The van der Waals surface area contributed by atoms with E-state index in [0.717, 1.165) is 18.5 Å². The Balaban J connectivity index is 1.31. The van der Waals surface area contributed by atoms with Crippen LogP contribution in [0.2, 0.25) is 5.02 Å². The molecule has 1 fully saturated rings. The van der Waals surface area contributed by atoms with Gasteiger partial charge in [0.05, 0.1) is 69.5 Å². The van der Waals surface area contributed by atoms with E-state index in [9.17, 15) is 18.4 Å². The number of carbonyl (C=O) groups excluding carboxylic acids is 1. The molecule has 7 rings (SSSR count). The Bertz CT molecular complexity index is 2020. The summed E-state index contributed by atoms with van der Waals surface area (Å²) in [5.41, 5.74) is 1.58. The molecule has 5 aromatic rings. The van der Waals surface area contributed by atoms with Crippen LogP contribution in [-0.2, 0) is 4.79 Å². The highest BCUT2D eigenvalue weighted by atomic mass is 35.5. The third-order valence-corrected chi connectivity index (χ3v) is 8.74. The van der Waals surface area contributed by atoms with Gasteiger partial charge < -0.3 is 5.32 Å². The van der Waals surface area contributed by atoms with E-state index in [2.05, 4.69) is 30.7 Å². The highest BCUT2D eigenvalue weighted by Gasteiger charge is 2.29. The van der Waals surface area contributed by atoms with Gasteiger partial charge in [0.1, 0.15) is 0 Å². The zero-order chi connectivity index (χ0) is 32.1. The van der Waals surface area contributed by atoms with Gasteiger partial charge in [-0.05, 0) is 49.9 Å². The molecule has 11 nitrogen and oxygen atoms in total. The van der Waals surface area contributed by atoms with E-state index < -0.39 is 29.9 Å². The standard InChI is InChI=1S/C31H27ClF3N9O2/c1-16-3-2-4-24(20-11-18(9-10-36-20)29-22(39-30(16)46)13-38-44(29)31(34)35)42-15-37-21(12-26(42)45)27-25(8-7-19(32)28(27)33)43-14-23(40-41-43)17-5-6-17/h7-17,24,31H,2-6H2,1H3,(H,39,46)/t16-,24+/m1/s1. The summed E-state index contributed by atoms with van der Waals surface area (Å²) in [6.45, 7) is -1.22. The molecule has 236 valence electrons. The van der Waals surface area contributed by atoms with Gasteiger partial charge in [0, 0.05) is 29.7 Å². The van der Waals surface area contributed by atoms with Crippen LogP contribution in [0.1, 0.15) is 68.9 Å². The molecule has 1 aromatic carbocycles. The van der Waals surface area contributed by atoms with Crippen molar-refractivity contribution in [2.45, 2.75) is 57.5 Å². The predicted molar refractivity (Wildman–Crippen MR) is 162 cm³/mol. The second-order valence-electron chi connectivity index (χ2n) is 11.6. The summed E-state index contributed by atoms with van der Waals surface area (Å²) in [6.07, 6.45) is 9.10. The summed E-state index contributed by atoms with van der Waals surface area (Å²) in [7, 11) is 0. The maximum absolute atomic E-state index is 15.6. The number of aromatic nitrogens is 8. The van der Waals surface area contributed by atoms with Crippen LogP contribution in [0.5, 0.6) is 0 Å². The van der Waals surface area contributed by atoms with Crippen molar-refractivity contribution in [1.82, 2.24) is 39.3 Å². The Morgan fingerprint density at radius 3 is 2.63 bits per heavy atom. The zero-order valence-corrected chi connectivity index (χ0v) is 25.2. The molecule has 0 saturated heterocycles. The third kappa shape index (κ3) is 5.46. The quantitative estimate of drug-likeness (QED) is 0.242. The minimum Gasteiger partial charge on any atom is -0.323 e. The van der Waals surface area contributed by atoms with Gasteiger partial charge in [0.25, 0.3) is 5.56 Å². The number of fused-ring (bicyclic) bond motifs is 4. The van der Waals surface area contributed by atoms with Gasteiger partial charge in [-0.25, -0.2) is 18.7 Å². The first kappa shape index (κ1) is 29.8. The maximum atomic E-state index is 15.6. The van der Waals surface area contributed by atoms with Crippen LogP contribution in [0.4, 0.5) is 18.9 Å². The first-order valence-corrected chi connectivity index (χ1v) is 15.2. The molecular weight excluding hydrogens is 623 g/mol. The second kappa shape index (κ2) is 11.8. The molecule has 2 atom stereocenters. The van der Waals surface area contributed by atoms with Gasteiger partial charge in [-0.2, -0.15) is 13.9 Å². The lowest BCUT2D eigenvalue weighted by Crippen LogP contribution is -2.27. The number of amides is 1. The highest BCUT2D eigenvalue weighted by molar-refractivity contribution is 6.31. The van der Waals surface area contributed by atoms with Crippen molar-refractivity contribution >= 4 is 23.2 Å². The fourth-order valence-electron chi connectivity index (χ4n) is 5.82. The Hall–Kier alpha value is -4.85. The first-order chi connectivity index (χ1) is 22.2. The lowest BCUT2D eigenvalue weighted by Gasteiger charge is -2.22. The molecule has 0 spiro atoms. The van der Waals surface area contributed by atoms with Crippen molar-refractivity contribution in [3.8, 4) is 28.2 Å². The lowest BCUT2D eigenvalue weighted by molar-refractivity contribution is -0.119. The van der Waals surface area contributed by atoms with Crippen LogP contribution in [0.15, 0.2) is 60.0 Å². The van der Waals surface area contributed by atoms with E-state index in [-0.39, 0.29) is 33.6 Å². The Morgan fingerprint density at radius 2 is 1.87 bits per heavy atom. The van der Waals surface area contributed by atoms with Gasteiger partial charge in [-0.3, -0.25) is 19.1 Å². The van der Waals surface area contributed by atoms with Gasteiger partial charge in [-0.1, -0.05) is 30.2 Å². The molecule has 15 heteroatoms. The van der Waals surface area contributed by atoms with Crippen LogP contribution in [0, 0.1) is 11.7 Å². The molecule has 4 aromatic heterocycles. The summed E-state index contributed by atoms with van der Waals surface area (Å²) in [5.74, 6) is -1.21. The summed E-state index contributed by atoms with van der Waals surface area (Å²) >= 11 is 6.17. The molecule has 1 aliphatic carbocycles. The smallest absolute Gasteiger partial charge is 0.323 e. The van der Waals surface area contributed by atoms with Crippen molar-refractivity contribution in [2.24, 2.45) is 5.92 Å². The number of nitrogens with zero attached hydrogens (tertiary/aromatic N) is 8. The molecule has 1 saturated carbocycles. The number of carbonyl (C=O) groups is 1. The minimum absolute atomic E-state index is 0.00422. The van der Waals surface area contributed by atoms with Crippen LogP contribution in [0.25, 0.3) is 28.2 Å². The number of benzene rings is 1. The number of rotatable bonds is 5. The number of nitrogens with one attached hydrogen (secondary N) is 1. The zero-order valence-electron chi connectivity index (χ0n) is 24.4. The average Bonchev–Trinajstić information content (AvgIpc) is 3.61. The molecule has 1 amide bonds. The molecule has 2 bridgehead atoms. The summed E-state index contributed by atoms with van der Waals surface area (Å²) in [4.78, 5) is 35.7. The number of halogens is 4. The van der Waals surface area contributed by atoms with Crippen molar-refractivity contribution < 1.29 is 18.0 Å². The number of anilines is 1. The topological polar surface area (TPSA) is 125 Å². The van der Waals surface area contributed by atoms with E-state index in [1.165, 1.54) is 46.2 Å². The van der Waals surface area contributed by atoms with Crippen molar-refractivity contribution in [3.05, 3.63) is 87.8 Å². The van der Waals surface area contributed by atoms with Crippen LogP contribution in [-0.4, -0.2) is 45.2 Å². The average molecular weight is 650 g/mol. The highest BCUT2D eigenvalue weighted by Crippen LogP contribution is 2.40. The monoisotopic (exact) mass is 649 g/mol. The summed E-state index contributed by atoms with van der Waals surface area (Å²) in [5, 5.41) is 14.8. The van der Waals surface area contributed by atoms with Gasteiger partial charge in [0.15, 0.2) is 5.82 Å². The number of hydrogen-bond donors (Lipinski definition) is 1. The van der Waals surface area contributed by atoms with Crippen LogP contribution in [0.3, 0.4) is 0 Å². The molecule has 0 unspecified atom stereocenters. The predicted octanol–water partition coefficient (Wildman–Crippen LogP) is 6.16. The minimum atomic E-state index is -2.97. The van der Waals surface area contributed by atoms with Crippen LogP contribution >= 0.6 is 11.6 Å². The first-order valence-electron chi connectivity index (χ1n) is 14.8. The lowest BCUT2D eigenvalue weighted by atomic mass is 9.97. The molecular formula is C31H27ClF3N9O2. The SMILES string of the molecule is C[C@@H]1CCC[C@H](n2cnc(-c3c(-n4cc(C5CC5)nn4)ccc(Cl)c3F)cc2=O)c2cc(ccn2)-c2c(cnn2C(F)F)NC1=O. The Kier molecular flexibility index (Phi) is 7.67. The van der Waals surface area contributed by atoms with Crippen LogP contribution < -0.4 is 10.9 Å². The maximum Gasteiger partial charge on any atom is 0.333 e. The molecule has 2 aliphatic rings. The van der Waals surface area contributed by atoms with E-state index >= 15 is 4.39 Å². The third-order valence-electron chi connectivity index (χ3n) is 8.45. The molecule has 1 N–H and O–H groups in total. The van der Waals surface area contributed by atoms with E-state index in [1.807, 2.05) is 0 Å². The molecule has 1 aliphatic heterocycles. The largest absolute Gasteiger partial charge is 0.333 e. The van der Waals surface area contributed by atoms with E-state index in [0.29, 0.717) is 46.8 Å². The second-order valence-corrected chi connectivity index (χ2v) is 12.0. The number of alkyl halides is 2. The van der Waals surface area contributed by atoms with Crippen molar-refractivity contribution in [1.29, 1.82) is 0 Å². The Morgan fingerprint density at radius 1 is 1.04 bits per heavy atom. The molecule has 46 heavy (non-hydrogen) atoms. The summed E-state index contributed by atoms with van der Waals surface area (Å²) < 4.78 is 46.9. The fourth-order valence-corrected chi connectivity index (χ4v) is 5.98. The van der Waals surface area contributed by atoms with Gasteiger partial charge in [-0.15, -0.1) is 5.10 Å². The Labute approximate surface area is 265 Å². The number of pyridine rings is 1.